The fourth-order valence-corrected chi connectivity index (χ4v) is 2.50. The van der Waals surface area contributed by atoms with Crippen LogP contribution in [0.2, 0.25) is 0 Å². The molecular formula is C12H15N. The van der Waals surface area contributed by atoms with Crippen molar-refractivity contribution in [3.8, 4) is 0 Å². The van der Waals surface area contributed by atoms with E-state index in [1.165, 1.54) is 18.4 Å². The van der Waals surface area contributed by atoms with Crippen molar-refractivity contribution in [3.05, 3.63) is 35.9 Å². The van der Waals surface area contributed by atoms with Crippen LogP contribution in [0.4, 0.5) is 0 Å². The Morgan fingerprint density at radius 2 is 1.69 bits per heavy atom. The molecule has 2 aliphatic rings. The molecule has 1 nitrogen and oxygen atoms in total. The highest BCUT2D eigenvalue weighted by Crippen LogP contribution is 2.58. The van der Waals surface area contributed by atoms with Crippen molar-refractivity contribution in [2.24, 2.45) is 17.6 Å². The lowest BCUT2D eigenvalue weighted by atomic mass is 10.1. The summed E-state index contributed by atoms with van der Waals surface area (Å²) in [4.78, 5) is 0. The Labute approximate surface area is 78.9 Å². The predicted octanol–water partition coefficient (Wildman–Crippen LogP) is 2.14. The summed E-state index contributed by atoms with van der Waals surface area (Å²) in [5.74, 6) is 2.60. The molecule has 1 aromatic rings. The lowest BCUT2D eigenvalue weighted by Crippen LogP contribution is -2.03. The molecule has 0 radical (unpaired) electrons. The Bertz CT molecular complexity index is 306. The van der Waals surface area contributed by atoms with Crippen LogP contribution in [0.5, 0.6) is 0 Å². The number of hydrogen-bond acceptors (Lipinski definition) is 1. The molecule has 13 heavy (non-hydrogen) atoms. The second-order valence-electron chi connectivity index (χ2n) is 4.48. The predicted molar refractivity (Wildman–Crippen MR) is 53.4 cm³/mol. The third-order valence-electron chi connectivity index (χ3n) is 3.51. The Kier molecular flexibility index (Phi) is 1.50. The van der Waals surface area contributed by atoms with Gasteiger partial charge in [0, 0.05) is 6.04 Å². The van der Waals surface area contributed by atoms with E-state index in [4.69, 9.17) is 5.73 Å². The topological polar surface area (TPSA) is 26.0 Å². The van der Waals surface area contributed by atoms with Gasteiger partial charge in [0.05, 0.1) is 0 Å². The van der Waals surface area contributed by atoms with Crippen molar-refractivity contribution >= 4 is 0 Å². The molecule has 68 valence electrons. The first-order chi connectivity index (χ1) is 6.36. The van der Waals surface area contributed by atoms with Crippen LogP contribution in [0.15, 0.2) is 30.3 Å². The van der Waals surface area contributed by atoms with Crippen LogP contribution in [0.3, 0.4) is 0 Å². The molecule has 0 heterocycles. The molecule has 2 fully saturated rings. The van der Waals surface area contributed by atoms with E-state index < -0.39 is 0 Å². The van der Waals surface area contributed by atoms with Crippen LogP contribution in [-0.2, 0) is 0 Å². The first kappa shape index (κ1) is 7.57. The van der Waals surface area contributed by atoms with Gasteiger partial charge in [-0.15, -0.1) is 0 Å². The average molecular weight is 173 g/mol. The van der Waals surface area contributed by atoms with Crippen LogP contribution in [0.1, 0.15) is 24.3 Å². The van der Waals surface area contributed by atoms with E-state index in [1.54, 1.807) is 0 Å². The smallest absolute Gasteiger partial charge is 0.00739 e. The molecule has 0 spiro atoms. The van der Waals surface area contributed by atoms with E-state index in [0.717, 1.165) is 17.8 Å². The van der Waals surface area contributed by atoms with Gasteiger partial charge in [-0.25, -0.2) is 0 Å². The lowest BCUT2D eigenvalue weighted by Gasteiger charge is -1.98. The van der Waals surface area contributed by atoms with Crippen molar-refractivity contribution in [3.63, 3.8) is 0 Å². The van der Waals surface area contributed by atoms with Crippen molar-refractivity contribution in [2.75, 3.05) is 0 Å². The summed E-state index contributed by atoms with van der Waals surface area (Å²) in [6.45, 7) is 0. The Morgan fingerprint density at radius 1 is 1.00 bits per heavy atom. The fourth-order valence-electron chi connectivity index (χ4n) is 2.50. The summed E-state index contributed by atoms with van der Waals surface area (Å²) in [7, 11) is 0. The molecule has 1 aromatic carbocycles. The molecule has 2 N–H and O–H groups in total. The molecule has 1 heteroatoms. The van der Waals surface area contributed by atoms with Gasteiger partial charge >= 0.3 is 0 Å². The Hall–Kier alpha value is -0.820. The van der Waals surface area contributed by atoms with Gasteiger partial charge in [-0.3, -0.25) is 0 Å². The molecule has 0 bridgehead atoms. The Balaban J connectivity index is 1.71. The van der Waals surface area contributed by atoms with Crippen LogP contribution in [-0.4, -0.2) is 6.04 Å². The van der Waals surface area contributed by atoms with E-state index in [0.29, 0.717) is 6.04 Å². The molecular weight excluding hydrogens is 158 g/mol. The molecule has 4 atom stereocenters. The summed E-state index contributed by atoms with van der Waals surface area (Å²) >= 11 is 0. The van der Waals surface area contributed by atoms with Gasteiger partial charge in [-0.2, -0.15) is 0 Å². The minimum atomic E-state index is 0.527. The minimum Gasteiger partial charge on any atom is -0.327 e. The highest BCUT2D eigenvalue weighted by molar-refractivity contribution is 5.27. The number of nitrogens with two attached hydrogens (primary N) is 1. The molecule has 0 aliphatic heterocycles. The Morgan fingerprint density at radius 3 is 2.31 bits per heavy atom. The zero-order chi connectivity index (χ0) is 8.84. The number of rotatable bonds is 2. The van der Waals surface area contributed by atoms with Gasteiger partial charge < -0.3 is 5.73 Å². The maximum Gasteiger partial charge on any atom is 0.00739 e. The first-order valence-corrected chi connectivity index (χ1v) is 5.17. The van der Waals surface area contributed by atoms with Crippen molar-refractivity contribution < 1.29 is 0 Å². The summed E-state index contributed by atoms with van der Waals surface area (Å²) in [5.41, 5.74) is 7.37. The molecule has 2 aliphatic carbocycles. The maximum absolute atomic E-state index is 5.85. The summed E-state index contributed by atoms with van der Waals surface area (Å²) < 4.78 is 0. The first-order valence-electron chi connectivity index (χ1n) is 5.17. The zero-order valence-electron chi connectivity index (χ0n) is 7.69. The molecule has 0 unspecified atom stereocenters. The summed E-state index contributed by atoms with van der Waals surface area (Å²) in [6.07, 6.45) is 2.65. The van der Waals surface area contributed by atoms with Gasteiger partial charge in [0.1, 0.15) is 0 Å². The highest BCUT2D eigenvalue weighted by atomic mass is 14.8. The summed E-state index contributed by atoms with van der Waals surface area (Å²) in [5, 5.41) is 0. The van der Waals surface area contributed by atoms with Gasteiger partial charge in [-0.1, -0.05) is 30.3 Å². The minimum absolute atomic E-state index is 0.527. The van der Waals surface area contributed by atoms with Crippen molar-refractivity contribution in [2.45, 2.75) is 24.8 Å². The van der Waals surface area contributed by atoms with Crippen LogP contribution < -0.4 is 5.73 Å². The molecule has 0 aromatic heterocycles. The van der Waals surface area contributed by atoms with E-state index in [1.807, 2.05) is 0 Å². The monoisotopic (exact) mass is 173 g/mol. The molecule has 3 rings (SSSR count). The van der Waals surface area contributed by atoms with E-state index in [2.05, 4.69) is 30.3 Å². The van der Waals surface area contributed by atoms with Gasteiger partial charge in [0.2, 0.25) is 0 Å². The normalized spacial score (nSPS) is 41.6. The largest absolute Gasteiger partial charge is 0.327 e. The molecule has 2 saturated carbocycles. The van der Waals surface area contributed by atoms with Gasteiger partial charge in [0.25, 0.3) is 0 Å². The third kappa shape index (κ3) is 1.28. The number of hydrogen-bond donors (Lipinski definition) is 1. The van der Waals surface area contributed by atoms with Crippen LogP contribution in [0.25, 0.3) is 0 Å². The third-order valence-corrected chi connectivity index (χ3v) is 3.51. The standard InChI is InChI=1S/C12H15N/c13-12-7-11(12)10-6-9(10)8-4-2-1-3-5-8/h1-5,9-12H,6-7,13H2/t9-,10-,11-,12+/m1/s1. The van der Waals surface area contributed by atoms with E-state index >= 15 is 0 Å². The van der Waals surface area contributed by atoms with E-state index in [9.17, 15) is 0 Å². The second kappa shape index (κ2) is 2.58. The van der Waals surface area contributed by atoms with E-state index in [-0.39, 0.29) is 0 Å². The quantitative estimate of drug-likeness (QED) is 0.728. The maximum atomic E-state index is 5.85. The van der Waals surface area contributed by atoms with Crippen molar-refractivity contribution in [1.29, 1.82) is 0 Å². The summed E-state index contributed by atoms with van der Waals surface area (Å²) in [6, 6.07) is 11.4. The fraction of sp³-hybridized carbons (Fsp3) is 0.500. The zero-order valence-corrected chi connectivity index (χ0v) is 7.69. The molecule has 0 amide bonds. The van der Waals surface area contributed by atoms with Crippen LogP contribution in [0, 0.1) is 11.8 Å². The SMILES string of the molecule is N[C@H]1C[C@@H]1[C@@H]1C[C@@H]1c1ccccc1. The lowest BCUT2D eigenvalue weighted by molar-refractivity contribution is 0.664. The van der Waals surface area contributed by atoms with Gasteiger partial charge in [0.15, 0.2) is 0 Å². The van der Waals surface area contributed by atoms with Crippen molar-refractivity contribution in [1.82, 2.24) is 0 Å². The highest BCUT2D eigenvalue weighted by Gasteiger charge is 2.52. The second-order valence-corrected chi connectivity index (χ2v) is 4.48. The van der Waals surface area contributed by atoms with Crippen LogP contribution >= 0.6 is 0 Å². The average Bonchev–Trinajstić information content (AvgIpc) is 3.01. The number of benzene rings is 1. The molecule has 0 saturated heterocycles. The van der Waals surface area contributed by atoms with Gasteiger partial charge in [-0.05, 0) is 36.2 Å².